The molecule has 2 aromatic carbocycles. The molecule has 32 heavy (non-hydrogen) atoms. The zero-order valence-electron chi connectivity index (χ0n) is 18.7. The number of benzene rings is 2. The number of ether oxygens (including phenoxy) is 1. The van der Waals surface area contributed by atoms with Crippen molar-refractivity contribution in [2.75, 3.05) is 6.61 Å². The maximum absolute atomic E-state index is 12.5. The van der Waals surface area contributed by atoms with Gasteiger partial charge in [-0.15, -0.1) is 0 Å². The molecule has 0 saturated carbocycles. The fraction of sp³-hybridized carbons (Fsp3) is 0.400. The van der Waals surface area contributed by atoms with Crippen molar-refractivity contribution < 1.29 is 24.2 Å². The molecule has 1 aliphatic carbocycles. The standard InChI is InChI=1S/C25H30N2O5/c1-4-16(14-22(28)27-25(3,5-2)23(29)30)26-24(31)32-15-21-19-12-8-6-10-17(19)18-11-7-9-13-20(18)21/h6-13,16,21H,4-5,14-15H2,1-3H3,(H,26,31)(H,27,28)(H,29,30)/t16-,25?/m1/s1. The van der Waals surface area contributed by atoms with Crippen molar-refractivity contribution in [3.05, 3.63) is 59.7 Å². The van der Waals surface area contributed by atoms with E-state index in [1.165, 1.54) is 6.92 Å². The summed E-state index contributed by atoms with van der Waals surface area (Å²) in [6, 6.07) is 15.7. The van der Waals surface area contributed by atoms with Gasteiger partial charge in [0, 0.05) is 18.4 Å². The molecule has 0 fully saturated rings. The van der Waals surface area contributed by atoms with Crippen LogP contribution in [0.1, 0.15) is 57.1 Å². The Hall–Kier alpha value is -3.35. The molecule has 1 aliphatic rings. The first kappa shape index (κ1) is 23.3. The van der Waals surface area contributed by atoms with Crippen LogP contribution in [0.5, 0.6) is 0 Å². The van der Waals surface area contributed by atoms with Crippen molar-refractivity contribution in [2.24, 2.45) is 0 Å². The van der Waals surface area contributed by atoms with Gasteiger partial charge in [-0.05, 0) is 42.0 Å². The van der Waals surface area contributed by atoms with E-state index >= 15 is 0 Å². The molecule has 2 amide bonds. The first-order valence-electron chi connectivity index (χ1n) is 10.9. The molecule has 0 aromatic heterocycles. The van der Waals surface area contributed by atoms with Crippen LogP contribution in [-0.2, 0) is 14.3 Å². The second kappa shape index (κ2) is 9.85. The van der Waals surface area contributed by atoms with E-state index in [0.717, 1.165) is 22.3 Å². The van der Waals surface area contributed by atoms with Crippen molar-refractivity contribution in [3.8, 4) is 11.1 Å². The molecule has 0 bridgehead atoms. The van der Waals surface area contributed by atoms with E-state index in [-0.39, 0.29) is 25.4 Å². The van der Waals surface area contributed by atoms with Gasteiger partial charge in [0.2, 0.25) is 5.91 Å². The Morgan fingerprint density at radius 1 is 1.03 bits per heavy atom. The fourth-order valence-corrected chi connectivity index (χ4v) is 3.98. The van der Waals surface area contributed by atoms with E-state index < -0.39 is 29.6 Å². The summed E-state index contributed by atoms with van der Waals surface area (Å²) in [6.07, 6.45) is 0.143. The van der Waals surface area contributed by atoms with Gasteiger partial charge in [-0.2, -0.15) is 0 Å². The average molecular weight is 439 g/mol. The Morgan fingerprint density at radius 3 is 2.09 bits per heavy atom. The monoisotopic (exact) mass is 438 g/mol. The highest BCUT2D eigenvalue weighted by molar-refractivity contribution is 5.87. The number of carbonyl (C=O) groups excluding carboxylic acids is 2. The number of fused-ring (bicyclic) bond motifs is 3. The number of amides is 2. The summed E-state index contributed by atoms with van der Waals surface area (Å²) in [7, 11) is 0. The van der Waals surface area contributed by atoms with Gasteiger partial charge in [0.25, 0.3) is 0 Å². The number of rotatable bonds is 9. The normalized spacial score (nSPS) is 15.1. The molecule has 170 valence electrons. The number of aliphatic carboxylic acids is 1. The Balaban J connectivity index is 1.58. The summed E-state index contributed by atoms with van der Waals surface area (Å²) in [5.41, 5.74) is 3.22. The van der Waals surface area contributed by atoms with Crippen LogP contribution >= 0.6 is 0 Å². The molecule has 7 heteroatoms. The second-order valence-corrected chi connectivity index (χ2v) is 8.32. The maximum atomic E-state index is 12.5. The van der Waals surface area contributed by atoms with Crippen LogP contribution in [0.3, 0.4) is 0 Å². The molecule has 3 N–H and O–H groups in total. The lowest BCUT2D eigenvalue weighted by atomic mass is 9.98. The second-order valence-electron chi connectivity index (χ2n) is 8.32. The van der Waals surface area contributed by atoms with Crippen molar-refractivity contribution >= 4 is 18.0 Å². The van der Waals surface area contributed by atoms with Crippen LogP contribution in [-0.4, -0.2) is 41.3 Å². The fourth-order valence-electron chi connectivity index (χ4n) is 3.98. The van der Waals surface area contributed by atoms with Gasteiger partial charge in [0.15, 0.2) is 0 Å². The molecular weight excluding hydrogens is 408 g/mol. The van der Waals surface area contributed by atoms with Crippen LogP contribution in [0.15, 0.2) is 48.5 Å². The molecular formula is C25H30N2O5. The Labute approximate surface area is 188 Å². The quantitative estimate of drug-likeness (QED) is 0.548. The van der Waals surface area contributed by atoms with Gasteiger partial charge < -0.3 is 20.5 Å². The Kier molecular flexibility index (Phi) is 7.18. The smallest absolute Gasteiger partial charge is 0.407 e. The van der Waals surface area contributed by atoms with Crippen molar-refractivity contribution in [3.63, 3.8) is 0 Å². The van der Waals surface area contributed by atoms with Crippen molar-refractivity contribution in [1.29, 1.82) is 0 Å². The van der Waals surface area contributed by atoms with Gasteiger partial charge in [-0.3, -0.25) is 4.79 Å². The van der Waals surface area contributed by atoms with Crippen LogP contribution in [0, 0.1) is 0 Å². The third kappa shape index (κ3) is 4.93. The summed E-state index contributed by atoms with van der Waals surface area (Å²) >= 11 is 0. The highest BCUT2D eigenvalue weighted by atomic mass is 16.5. The first-order valence-corrected chi connectivity index (χ1v) is 10.9. The third-order valence-electron chi connectivity index (χ3n) is 6.18. The summed E-state index contributed by atoms with van der Waals surface area (Å²) in [5, 5.41) is 14.6. The Morgan fingerprint density at radius 2 is 1.59 bits per heavy atom. The molecule has 0 saturated heterocycles. The van der Waals surface area contributed by atoms with E-state index in [0.29, 0.717) is 6.42 Å². The SMILES string of the molecule is CC[C@H](CC(=O)NC(C)(CC)C(=O)O)NC(=O)OCC1c2ccccc2-c2ccccc21. The first-order chi connectivity index (χ1) is 15.3. The molecule has 0 heterocycles. The van der Waals surface area contributed by atoms with Crippen LogP contribution < -0.4 is 10.6 Å². The maximum Gasteiger partial charge on any atom is 0.407 e. The zero-order chi connectivity index (χ0) is 23.3. The molecule has 1 unspecified atom stereocenters. The minimum Gasteiger partial charge on any atom is -0.480 e. The number of carboxylic acid groups (broad SMARTS) is 1. The number of carboxylic acids is 1. The lowest BCUT2D eigenvalue weighted by molar-refractivity contribution is -0.147. The highest BCUT2D eigenvalue weighted by Crippen LogP contribution is 2.44. The minimum absolute atomic E-state index is 0.0242. The van der Waals surface area contributed by atoms with Gasteiger partial charge in [0.1, 0.15) is 12.1 Å². The van der Waals surface area contributed by atoms with Crippen molar-refractivity contribution in [1.82, 2.24) is 10.6 Å². The molecule has 0 spiro atoms. The highest BCUT2D eigenvalue weighted by Gasteiger charge is 2.33. The van der Waals surface area contributed by atoms with Gasteiger partial charge in [0.05, 0.1) is 0 Å². The number of hydrogen-bond acceptors (Lipinski definition) is 4. The lowest BCUT2D eigenvalue weighted by Gasteiger charge is -2.26. The van der Waals surface area contributed by atoms with E-state index in [4.69, 9.17) is 4.74 Å². The topological polar surface area (TPSA) is 105 Å². The lowest BCUT2D eigenvalue weighted by Crippen LogP contribution is -2.53. The Bertz CT molecular complexity index is 960. The molecule has 2 aromatic rings. The van der Waals surface area contributed by atoms with E-state index in [1.807, 2.05) is 43.3 Å². The molecule has 0 radical (unpaired) electrons. The number of hydrogen-bond donors (Lipinski definition) is 3. The minimum atomic E-state index is -1.33. The number of nitrogens with one attached hydrogen (secondary N) is 2. The third-order valence-corrected chi connectivity index (χ3v) is 6.18. The van der Waals surface area contributed by atoms with Crippen molar-refractivity contribution in [2.45, 2.75) is 57.5 Å². The number of carbonyl (C=O) groups is 3. The predicted octanol–water partition coefficient (Wildman–Crippen LogP) is 4.06. The van der Waals surface area contributed by atoms with Crippen LogP contribution in [0.2, 0.25) is 0 Å². The average Bonchev–Trinajstić information content (AvgIpc) is 3.10. The van der Waals surface area contributed by atoms with E-state index in [2.05, 4.69) is 22.8 Å². The summed E-state index contributed by atoms with van der Waals surface area (Å²) in [5.74, 6) is -1.56. The van der Waals surface area contributed by atoms with E-state index in [1.54, 1.807) is 6.92 Å². The number of alkyl carbamates (subject to hydrolysis) is 1. The molecule has 3 rings (SSSR count). The zero-order valence-corrected chi connectivity index (χ0v) is 18.7. The largest absolute Gasteiger partial charge is 0.480 e. The van der Waals surface area contributed by atoms with Gasteiger partial charge in [-0.25, -0.2) is 9.59 Å². The van der Waals surface area contributed by atoms with Crippen LogP contribution in [0.25, 0.3) is 11.1 Å². The molecule has 7 nitrogen and oxygen atoms in total. The summed E-state index contributed by atoms with van der Waals surface area (Å²) in [6.45, 7) is 5.20. The molecule has 2 atom stereocenters. The predicted molar refractivity (Wildman–Crippen MR) is 121 cm³/mol. The summed E-state index contributed by atoms with van der Waals surface area (Å²) in [4.78, 5) is 36.2. The molecule has 0 aliphatic heterocycles. The summed E-state index contributed by atoms with van der Waals surface area (Å²) < 4.78 is 5.54. The van der Waals surface area contributed by atoms with Crippen LogP contribution in [0.4, 0.5) is 4.79 Å². The van der Waals surface area contributed by atoms with E-state index in [9.17, 15) is 19.5 Å². The van der Waals surface area contributed by atoms with Gasteiger partial charge in [-0.1, -0.05) is 62.4 Å². The van der Waals surface area contributed by atoms with Gasteiger partial charge >= 0.3 is 12.1 Å².